The maximum atomic E-state index is 12.3. The lowest BCUT2D eigenvalue weighted by atomic mass is 9.95. The zero-order chi connectivity index (χ0) is 19.5. The fourth-order valence-electron chi connectivity index (χ4n) is 2.66. The molecule has 148 valence electrons. The van der Waals surface area contributed by atoms with E-state index in [0.717, 1.165) is 19.3 Å². The molecule has 1 heterocycles. The summed E-state index contributed by atoms with van der Waals surface area (Å²) in [5.74, 6) is -0.830. The molecule has 1 fully saturated rings. The summed E-state index contributed by atoms with van der Waals surface area (Å²) < 4.78 is 0. The molecular weight excluding hydrogens is 374 g/mol. The van der Waals surface area contributed by atoms with Gasteiger partial charge in [0.15, 0.2) is 5.78 Å². The third-order valence-electron chi connectivity index (χ3n) is 4.48. The monoisotopic (exact) mass is 403 g/mol. The van der Waals surface area contributed by atoms with Crippen LogP contribution in [0.25, 0.3) is 0 Å². The number of carboxylic acid groups (broad SMARTS) is 1. The molecule has 1 saturated heterocycles. The minimum absolute atomic E-state index is 0.0243. The van der Waals surface area contributed by atoms with Crippen LogP contribution in [-0.4, -0.2) is 45.6 Å². The second-order valence-electron chi connectivity index (χ2n) is 6.81. The van der Waals surface area contributed by atoms with E-state index in [1.54, 1.807) is 6.92 Å². The van der Waals surface area contributed by atoms with Gasteiger partial charge in [-0.15, -0.1) is 0 Å². The predicted molar refractivity (Wildman–Crippen MR) is 105 cm³/mol. The van der Waals surface area contributed by atoms with Crippen molar-refractivity contribution in [2.24, 2.45) is 5.92 Å². The summed E-state index contributed by atoms with van der Waals surface area (Å²) in [6.07, 6.45) is 4.28. The SMILES string of the molecule is CC(=O)[C@H](C)CC(=O)[C@H](CCC(=O)O)NC(=O)CCCC[C@@H]1CCSS1. The molecule has 26 heavy (non-hydrogen) atoms. The van der Waals surface area contributed by atoms with Crippen molar-refractivity contribution < 1.29 is 24.3 Å². The molecule has 0 spiro atoms. The van der Waals surface area contributed by atoms with Gasteiger partial charge in [-0.1, -0.05) is 34.9 Å². The van der Waals surface area contributed by atoms with Crippen LogP contribution < -0.4 is 5.32 Å². The van der Waals surface area contributed by atoms with E-state index in [1.165, 1.54) is 19.1 Å². The van der Waals surface area contributed by atoms with Crippen LogP contribution in [-0.2, 0) is 19.2 Å². The second-order valence-corrected chi connectivity index (χ2v) is 9.60. The molecule has 1 amide bonds. The van der Waals surface area contributed by atoms with Gasteiger partial charge in [0.2, 0.25) is 5.91 Å². The summed E-state index contributed by atoms with van der Waals surface area (Å²) in [6, 6.07) is -0.831. The lowest BCUT2D eigenvalue weighted by molar-refractivity contribution is -0.138. The van der Waals surface area contributed by atoms with Crippen molar-refractivity contribution in [3.8, 4) is 0 Å². The fourth-order valence-corrected chi connectivity index (χ4v) is 5.69. The van der Waals surface area contributed by atoms with Crippen LogP contribution in [0.3, 0.4) is 0 Å². The number of hydrogen-bond acceptors (Lipinski definition) is 6. The first kappa shape index (κ1) is 23.0. The van der Waals surface area contributed by atoms with Crippen molar-refractivity contribution >= 4 is 45.0 Å². The van der Waals surface area contributed by atoms with Gasteiger partial charge < -0.3 is 10.4 Å². The highest BCUT2D eigenvalue weighted by molar-refractivity contribution is 8.77. The number of rotatable bonds is 13. The zero-order valence-corrected chi connectivity index (χ0v) is 17.1. The minimum Gasteiger partial charge on any atom is -0.481 e. The molecular formula is C18H29NO5S2. The maximum absolute atomic E-state index is 12.3. The van der Waals surface area contributed by atoms with Gasteiger partial charge in [-0.2, -0.15) is 0 Å². The smallest absolute Gasteiger partial charge is 0.303 e. The lowest BCUT2D eigenvalue weighted by Gasteiger charge is -2.18. The van der Waals surface area contributed by atoms with Crippen molar-refractivity contribution in [2.45, 2.75) is 76.5 Å². The van der Waals surface area contributed by atoms with Gasteiger partial charge in [-0.05, 0) is 32.6 Å². The van der Waals surface area contributed by atoms with Gasteiger partial charge in [0.25, 0.3) is 0 Å². The number of hydrogen-bond donors (Lipinski definition) is 2. The van der Waals surface area contributed by atoms with E-state index >= 15 is 0 Å². The van der Waals surface area contributed by atoms with E-state index in [0.29, 0.717) is 11.7 Å². The second kappa shape index (κ2) is 12.4. The molecule has 3 atom stereocenters. The Morgan fingerprint density at radius 2 is 1.92 bits per heavy atom. The lowest BCUT2D eigenvalue weighted by Crippen LogP contribution is -2.42. The zero-order valence-electron chi connectivity index (χ0n) is 15.5. The Morgan fingerprint density at radius 1 is 1.19 bits per heavy atom. The number of aliphatic carboxylic acids is 1. The van der Waals surface area contributed by atoms with Gasteiger partial charge in [-0.25, -0.2) is 0 Å². The van der Waals surface area contributed by atoms with Crippen LogP contribution in [0.1, 0.15) is 65.2 Å². The summed E-state index contributed by atoms with van der Waals surface area (Å²) in [5.41, 5.74) is 0. The summed E-state index contributed by atoms with van der Waals surface area (Å²) in [7, 11) is 3.82. The van der Waals surface area contributed by atoms with Gasteiger partial charge in [0.05, 0.1) is 6.04 Å². The molecule has 6 nitrogen and oxygen atoms in total. The van der Waals surface area contributed by atoms with E-state index in [9.17, 15) is 19.2 Å². The van der Waals surface area contributed by atoms with Gasteiger partial charge in [0, 0.05) is 36.2 Å². The first-order valence-corrected chi connectivity index (χ1v) is 11.5. The normalized spacial score (nSPS) is 18.9. The quantitative estimate of drug-likeness (QED) is 0.360. The molecule has 0 saturated carbocycles. The molecule has 0 radical (unpaired) electrons. The van der Waals surface area contributed by atoms with Crippen molar-refractivity contribution in [1.82, 2.24) is 5.32 Å². The third-order valence-corrected chi connectivity index (χ3v) is 7.49. The van der Waals surface area contributed by atoms with E-state index in [-0.39, 0.29) is 36.7 Å². The molecule has 0 unspecified atom stereocenters. The highest BCUT2D eigenvalue weighted by Gasteiger charge is 2.24. The Hall–Kier alpha value is -1.02. The first-order chi connectivity index (χ1) is 12.3. The van der Waals surface area contributed by atoms with Crippen LogP contribution in [0.2, 0.25) is 0 Å². The number of unbranched alkanes of at least 4 members (excludes halogenated alkanes) is 1. The molecule has 1 aliphatic rings. The molecule has 1 rings (SSSR count). The van der Waals surface area contributed by atoms with Crippen molar-refractivity contribution in [2.75, 3.05) is 5.75 Å². The summed E-state index contributed by atoms with van der Waals surface area (Å²) in [4.78, 5) is 46.6. The third kappa shape index (κ3) is 9.62. The molecule has 8 heteroatoms. The van der Waals surface area contributed by atoms with E-state index < -0.39 is 17.9 Å². The van der Waals surface area contributed by atoms with Crippen LogP contribution in [0.5, 0.6) is 0 Å². The molecule has 1 aliphatic heterocycles. The number of amides is 1. The van der Waals surface area contributed by atoms with E-state index in [2.05, 4.69) is 5.32 Å². The Bertz CT molecular complexity index is 506. The van der Waals surface area contributed by atoms with E-state index in [1.807, 2.05) is 21.6 Å². The average molecular weight is 404 g/mol. The highest BCUT2D eigenvalue weighted by Crippen LogP contribution is 2.39. The van der Waals surface area contributed by atoms with Gasteiger partial charge >= 0.3 is 5.97 Å². The summed E-state index contributed by atoms with van der Waals surface area (Å²) in [6.45, 7) is 3.08. The topological polar surface area (TPSA) is 101 Å². The summed E-state index contributed by atoms with van der Waals surface area (Å²) in [5, 5.41) is 12.2. The van der Waals surface area contributed by atoms with Crippen molar-refractivity contribution in [1.29, 1.82) is 0 Å². The number of nitrogens with one attached hydrogen (secondary N) is 1. The van der Waals surface area contributed by atoms with Gasteiger partial charge in [-0.3, -0.25) is 19.2 Å². The predicted octanol–water partition coefficient (Wildman–Crippen LogP) is 3.23. The largest absolute Gasteiger partial charge is 0.481 e. The van der Waals surface area contributed by atoms with Crippen molar-refractivity contribution in [3.05, 3.63) is 0 Å². The molecule has 0 bridgehead atoms. The number of carboxylic acids is 1. The Balaban J connectivity index is 2.41. The average Bonchev–Trinajstić information content (AvgIpc) is 3.08. The van der Waals surface area contributed by atoms with Crippen LogP contribution in [0, 0.1) is 5.92 Å². The number of ketones is 2. The van der Waals surface area contributed by atoms with Crippen LogP contribution in [0.15, 0.2) is 0 Å². The van der Waals surface area contributed by atoms with E-state index in [4.69, 9.17) is 5.11 Å². The number of carbonyl (C=O) groups is 4. The fraction of sp³-hybridized carbons (Fsp3) is 0.778. The summed E-state index contributed by atoms with van der Waals surface area (Å²) >= 11 is 0. The molecule has 0 aromatic rings. The first-order valence-electron chi connectivity index (χ1n) is 9.12. The minimum atomic E-state index is -1.01. The number of carbonyl (C=O) groups excluding carboxylic acids is 3. The van der Waals surface area contributed by atoms with Crippen molar-refractivity contribution in [3.63, 3.8) is 0 Å². The Kier molecular flexibility index (Phi) is 11.0. The van der Waals surface area contributed by atoms with Gasteiger partial charge in [0.1, 0.15) is 5.78 Å². The highest BCUT2D eigenvalue weighted by atomic mass is 33.1. The molecule has 2 N–H and O–H groups in total. The van der Waals surface area contributed by atoms with Crippen LogP contribution in [0.4, 0.5) is 0 Å². The number of Topliss-reactive ketones (excluding diaryl/α,β-unsaturated/α-hetero) is 2. The standard InChI is InChI=1S/C18H29NO5S2/c1-12(13(2)20)11-16(21)15(7-8-18(23)24)19-17(22)6-4-3-5-14-9-10-25-26-14/h12,14-15H,3-11H2,1-2H3,(H,19,22)(H,23,24)/t12-,14-,15+/m1/s1. The molecule has 0 aromatic heterocycles. The molecule has 0 aromatic carbocycles. The maximum Gasteiger partial charge on any atom is 0.303 e. The van der Waals surface area contributed by atoms with Crippen LogP contribution >= 0.6 is 21.6 Å². The molecule has 0 aliphatic carbocycles. The Morgan fingerprint density at radius 3 is 2.50 bits per heavy atom. The Labute approximate surface area is 163 Å².